The van der Waals surface area contributed by atoms with Crippen LogP contribution in [0.25, 0.3) is 10.9 Å². The molecule has 2 aromatic rings. The summed E-state index contributed by atoms with van der Waals surface area (Å²) in [7, 11) is 0. The van der Waals surface area contributed by atoms with Crippen molar-refractivity contribution in [2.75, 3.05) is 0 Å². The minimum absolute atomic E-state index is 0.279. The summed E-state index contributed by atoms with van der Waals surface area (Å²) < 4.78 is 2.42. The van der Waals surface area contributed by atoms with Crippen LogP contribution in [0.2, 0.25) is 0 Å². The Morgan fingerprint density at radius 2 is 1.95 bits per heavy atom. The molecule has 19 heavy (non-hydrogen) atoms. The highest BCUT2D eigenvalue weighted by Crippen LogP contribution is 2.31. The van der Waals surface area contributed by atoms with E-state index >= 15 is 0 Å². The van der Waals surface area contributed by atoms with Crippen molar-refractivity contribution in [1.82, 2.24) is 4.57 Å². The molecular formula is C17H24N2. The molecule has 1 aliphatic rings. The number of nitrogens with two attached hydrogens (primary N) is 1. The smallest absolute Gasteiger partial charge is 0.0483 e. The van der Waals surface area contributed by atoms with E-state index in [-0.39, 0.29) is 5.54 Å². The highest BCUT2D eigenvalue weighted by atomic mass is 15.0. The maximum absolute atomic E-state index is 6.29. The van der Waals surface area contributed by atoms with Crippen molar-refractivity contribution in [3.05, 3.63) is 36.0 Å². The minimum Gasteiger partial charge on any atom is -0.347 e. The van der Waals surface area contributed by atoms with E-state index in [9.17, 15) is 0 Å². The summed E-state index contributed by atoms with van der Waals surface area (Å²) in [6.45, 7) is 5.32. The van der Waals surface area contributed by atoms with Gasteiger partial charge in [0.1, 0.15) is 0 Å². The van der Waals surface area contributed by atoms with E-state index in [0.29, 0.717) is 0 Å². The van der Waals surface area contributed by atoms with Gasteiger partial charge in [0.15, 0.2) is 0 Å². The summed E-state index contributed by atoms with van der Waals surface area (Å²) in [5.41, 5.74) is 8.59. The van der Waals surface area contributed by atoms with Gasteiger partial charge in [-0.15, -0.1) is 0 Å². The molecule has 1 aliphatic carbocycles. The predicted molar refractivity (Wildman–Crippen MR) is 81.1 cm³/mol. The summed E-state index contributed by atoms with van der Waals surface area (Å²) >= 11 is 0. The van der Waals surface area contributed by atoms with Crippen LogP contribution in [-0.4, -0.2) is 4.57 Å². The van der Waals surface area contributed by atoms with Crippen LogP contribution in [0.4, 0.5) is 0 Å². The van der Waals surface area contributed by atoms with E-state index in [1.54, 1.807) is 0 Å². The summed E-state index contributed by atoms with van der Waals surface area (Å²) in [5, 5.41) is 1.31. The molecule has 1 aromatic carbocycles. The second kappa shape index (κ2) is 4.68. The highest BCUT2D eigenvalue weighted by Gasteiger charge is 2.20. The molecule has 0 radical (unpaired) electrons. The van der Waals surface area contributed by atoms with Gasteiger partial charge in [0.2, 0.25) is 0 Å². The van der Waals surface area contributed by atoms with Crippen LogP contribution < -0.4 is 5.73 Å². The molecule has 1 aromatic heterocycles. The van der Waals surface area contributed by atoms with Crippen LogP contribution >= 0.6 is 0 Å². The van der Waals surface area contributed by atoms with Crippen molar-refractivity contribution < 1.29 is 0 Å². The SMILES string of the molecule is CC(C)(N)c1cccc2c1ccn2CC1CCCC1. The van der Waals surface area contributed by atoms with Gasteiger partial charge >= 0.3 is 0 Å². The Morgan fingerprint density at radius 1 is 1.21 bits per heavy atom. The average molecular weight is 256 g/mol. The second-order valence-corrected chi connectivity index (χ2v) is 6.58. The molecule has 2 N–H and O–H groups in total. The molecule has 1 heterocycles. The molecule has 0 saturated heterocycles. The number of aromatic nitrogens is 1. The summed E-state index contributed by atoms with van der Waals surface area (Å²) in [6, 6.07) is 8.74. The van der Waals surface area contributed by atoms with Crippen molar-refractivity contribution in [3.8, 4) is 0 Å². The highest BCUT2D eigenvalue weighted by molar-refractivity contribution is 5.84. The summed E-state index contributed by atoms with van der Waals surface area (Å²) in [6.07, 6.45) is 7.83. The molecule has 3 rings (SSSR count). The minimum atomic E-state index is -0.279. The van der Waals surface area contributed by atoms with Crippen molar-refractivity contribution in [3.63, 3.8) is 0 Å². The Hall–Kier alpha value is -1.28. The Morgan fingerprint density at radius 3 is 2.63 bits per heavy atom. The van der Waals surface area contributed by atoms with Crippen LogP contribution in [0.5, 0.6) is 0 Å². The molecule has 102 valence electrons. The Balaban J connectivity index is 1.99. The molecule has 0 unspecified atom stereocenters. The van der Waals surface area contributed by atoms with E-state index in [1.807, 2.05) is 0 Å². The molecule has 2 heteroatoms. The zero-order valence-electron chi connectivity index (χ0n) is 12.0. The molecule has 0 spiro atoms. The zero-order chi connectivity index (χ0) is 13.5. The van der Waals surface area contributed by atoms with Gasteiger partial charge in [0.25, 0.3) is 0 Å². The first-order chi connectivity index (χ1) is 9.05. The maximum atomic E-state index is 6.29. The number of benzene rings is 1. The van der Waals surface area contributed by atoms with Crippen LogP contribution in [0, 0.1) is 5.92 Å². The fourth-order valence-electron chi connectivity index (χ4n) is 3.42. The standard InChI is InChI=1S/C17H24N2/c1-17(2,18)15-8-5-9-16-14(15)10-11-19(16)12-13-6-3-4-7-13/h5,8-11,13H,3-4,6-7,12,18H2,1-2H3. The van der Waals surface area contributed by atoms with E-state index in [4.69, 9.17) is 5.73 Å². The Labute approximate surface area is 115 Å². The largest absolute Gasteiger partial charge is 0.347 e. The molecule has 0 amide bonds. The third-order valence-electron chi connectivity index (χ3n) is 4.44. The van der Waals surface area contributed by atoms with Crippen molar-refractivity contribution in [1.29, 1.82) is 0 Å². The second-order valence-electron chi connectivity index (χ2n) is 6.58. The van der Waals surface area contributed by atoms with Crippen LogP contribution in [0.1, 0.15) is 45.1 Å². The van der Waals surface area contributed by atoms with Crippen LogP contribution in [0.3, 0.4) is 0 Å². The number of hydrogen-bond donors (Lipinski definition) is 1. The third kappa shape index (κ3) is 2.42. The van der Waals surface area contributed by atoms with Crippen molar-refractivity contribution in [2.45, 2.75) is 51.6 Å². The van der Waals surface area contributed by atoms with Gasteiger partial charge in [-0.3, -0.25) is 0 Å². The summed E-state index contributed by atoms with van der Waals surface area (Å²) in [4.78, 5) is 0. The van der Waals surface area contributed by atoms with E-state index < -0.39 is 0 Å². The van der Waals surface area contributed by atoms with Crippen LogP contribution in [-0.2, 0) is 12.1 Å². The van der Waals surface area contributed by atoms with E-state index in [2.05, 4.69) is 48.9 Å². The quantitative estimate of drug-likeness (QED) is 0.883. The average Bonchev–Trinajstić information content (AvgIpc) is 2.98. The zero-order valence-corrected chi connectivity index (χ0v) is 12.0. The molecule has 1 saturated carbocycles. The lowest BCUT2D eigenvalue weighted by atomic mass is 9.92. The fraction of sp³-hybridized carbons (Fsp3) is 0.529. The first kappa shape index (κ1) is 12.7. The van der Waals surface area contributed by atoms with Gasteiger partial charge in [0.05, 0.1) is 0 Å². The summed E-state index contributed by atoms with van der Waals surface area (Å²) in [5.74, 6) is 0.866. The lowest BCUT2D eigenvalue weighted by Crippen LogP contribution is -2.28. The third-order valence-corrected chi connectivity index (χ3v) is 4.44. The number of hydrogen-bond acceptors (Lipinski definition) is 1. The van der Waals surface area contributed by atoms with Gasteiger partial charge in [0, 0.05) is 29.2 Å². The van der Waals surface area contributed by atoms with Gasteiger partial charge < -0.3 is 10.3 Å². The van der Waals surface area contributed by atoms with Crippen molar-refractivity contribution >= 4 is 10.9 Å². The Bertz CT molecular complexity index is 568. The molecule has 0 bridgehead atoms. The van der Waals surface area contributed by atoms with E-state index in [1.165, 1.54) is 42.1 Å². The predicted octanol–water partition coefficient (Wildman–Crippen LogP) is 4.03. The monoisotopic (exact) mass is 256 g/mol. The fourth-order valence-corrected chi connectivity index (χ4v) is 3.42. The maximum Gasteiger partial charge on any atom is 0.0483 e. The van der Waals surface area contributed by atoms with Gasteiger partial charge in [-0.2, -0.15) is 0 Å². The molecule has 0 aliphatic heterocycles. The molecule has 2 nitrogen and oxygen atoms in total. The lowest BCUT2D eigenvalue weighted by Gasteiger charge is -2.20. The van der Waals surface area contributed by atoms with Gasteiger partial charge in [-0.05, 0) is 50.3 Å². The first-order valence-electron chi connectivity index (χ1n) is 7.43. The van der Waals surface area contributed by atoms with Gasteiger partial charge in [-0.1, -0.05) is 25.0 Å². The number of fused-ring (bicyclic) bond motifs is 1. The van der Waals surface area contributed by atoms with Crippen molar-refractivity contribution in [2.24, 2.45) is 11.7 Å². The molecular weight excluding hydrogens is 232 g/mol. The first-order valence-corrected chi connectivity index (χ1v) is 7.43. The normalized spacial score (nSPS) is 17.4. The topological polar surface area (TPSA) is 30.9 Å². The molecule has 1 fully saturated rings. The number of nitrogens with zero attached hydrogens (tertiary/aromatic N) is 1. The van der Waals surface area contributed by atoms with E-state index in [0.717, 1.165) is 12.5 Å². The molecule has 0 atom stereocenters. The number of rotatable bonds is 3. The Kier molecular flexibility index (Phi) is 3.14. The lowest BCUT2D eigenvalue weighted by molar-refractivity contribution is 0.466. The van der Waals surface area contributed by atoms with Gasteiger partial charge in [-0.25, -0.2) is 0 Å². The van der Waals surface area contributed by atoms with Crippen LogP contribution in [0.15, 0.2) is 30.5 Å².